The molecule has 9 heavy (non-hydrogen) atoms. The second-order valence-corrected chi connectivity index (χ2v) is 2.23. The van der Waals surface area contributed by atoms with E-state index < -0.39 is 0 Å². The molecule has 0 rings (SSSR count). The van der Waals surface area contributed by atoms with Crippen molar-refractivity contribution in [3.63, 3.8) is 0 Å². The molecule has 0 aromatic rings. The molecule has 0 amide bonds. The molecule has 0 spiro atoms. The van der Waals surface area contributed by atoms with Gasteiger partial charge in [-0.1, -0.05) is 18.5 Å². The summed E-state index contributed by atoms with van der Waals surface area (Å²) in [6.45, 7) is 6.04. The van der Waals surface area contributed by atoms with Crippen molar-refractivity contribution in [2.75, 3.05) is 0 Å². The summed E-state index contributed by atoms with van der Waals surface area (Å²) in [4.78, 5) is 4.91. The van der Waals surface area contributed by atoms with Gasteiger partial charge in [0.1, 0.15) is 6.10 Å². The summed E-state index contributed by atoms with van der Waals surface area (Å²) in [7, 11) is 0. The molecule has 0 N–H and O–H groups in total. The predicted octanol–water partition coefficient (Wildman–Crippen LogP) is 2.20. The Morgan fingerprint density at radius 2 is 2.22 bits per heavy atom. The maximum Gasteiger partial charge on any atom is 0.121 e. The van der Waals surface area contributed by atoms with Crippen LogP contribution in [0.3, 0.4) is 0 Å². The minimum Gasteiger partial charge on any atom is -0.393 e. The van der Waals surface area contributed by atoms with Crippen molar-refractivity contribution in [1.82, 2.24) is 0 Å². The number of rotatable bonds is 4. The van der Waals surface area contributed by atoms with Crippen LogP contribution in [0.25, 0.3) is 0 Å². The maximum absolute atomic E-state index is 4.91. The van der Waals surface area contributed by atoms with Crippen LogP contribution in [0.2, 0.25) is 0 Å². The molecule has 0 saturated carbocycles. The van der Waals surface area contributed by atoms with E-state index in [2.05, 4.69) is 12.1 Å². The molecule has 0 atom stereocenters. The minimum atomic E-state index is 0.207. The van der Waals surface area contributed by atoms with Crippen molar-refractivity contribution in [3.05, 3.63) is 0 Å². The van der Waals surface area contributed by atoms with Crippen molar-refractivity contribution < 1.29 is 4.84 Å². The van der Waals surface area contributed by atoms with Gasteiger partial charge in [0, 0.05) is 6.21 Å². The van der Waals surface area contributed by atoms with Crippen LogP contribution < -0.4 is 0 Å². The minimum absolute atomic E-state index is 0.207. The summed E-state index contributed by atoms with van der Waals surface area (Å²) in [6.07, 6.45) is 4.15. The average Bonchev–Trinajstić information content (AvgIpc) is 1.80. The Morgan fingerprint density at radius 1 is 1.56 bits per heavy atom. The van der Waals surface area contributed by atoms with E-state index >= 15 is 0 Å². The van der Waals surface area contributed by atoms with E-state index in [1.54, 1.807) is 6.21 Å². The largest absolute Gasteiger partial charge is 0.393 e. The van der Waals surface area contributed by atoms with Crippen LogP contribution in [-0.2, 0) is 4.84 Å². The van der Waals surface area contributed by atoms with Crippen LogP contribution >= 0.6 is 0 Å². The van der Waals surface area contributed by atoms with Gasteiger partial charge in [-0.05, 0) is 20.3 Å². The molecule has 2 nitrogen and oxygen atoms in total. The molecule has 2 heteroatoms. The fourth-order valence-electron chi connectivity index (χ4n) is 0.347. The summed E-state index contributed by atoms with van der Waals surface area (Å²) in [5, 5.41) is 3.74. The number of hydrogen-bond donors (Lipinski definition) is 0. The summed E-state index contributed by atoms with van der Waals surface area (Å²) in [6, 6.07) is 0. The van der Waals surface area contributed by atoms with Gasteiger partial charge >= 0.3 is 0 Å². The predicted molar refractivity (Wildman–Crippen MR) is 39.6 cm³/mol. The fraction of sp³-hybridized carbons (Fsp3) is 0.857. The fourth-order valence-corrected chi connectivity index (χ4v) is 0.347. The van der Waals surface area contributed by atoms with Crippen molar-refractivity contribution in [3.8, 4) is 0 Å². The molecule has 0 aromatic carbocycles. The highest BCUT2D eigenvalue weighted by Crippen LogP contribution is 1.88. The summed E-state index contributed by atoms with van der Waals surface area (Å²) >= 11 is 0. The van der Waals surface area contributed by atoms with Crippen LogP contribution in [0.15, 0.2) is 5.16 Å². The van der Waals surface area contributed by atoms with Gasteiger partial charge in [0.15, 0.2) is 0 Å². The topological polar surface area (TPSA) is 21.6 Å². The monoisotopic (exact) mass is 129 g/mol. The van der Waals surface area contributed by atoms with Crippen molar-refractivity contribution in [2.45, 2.75) is 39.7 Å². The van der Waals surface area contributed by atoms with Crippen LogP contribution in [-0.4, -0.2) is 12.3 Å². The maximum atomic E-state index is 4.91. The first-order valence-electron chi connectivity index (χ1n) is 3.45. The van der Waals surface area contributed by atoms with Crippen molar-refractivity contribution >= 4 is 6.21 Å². The molecule has 0 unspecified atom stereocenters. The van der Waals surface area contributed by atoms with E-state index in [0.717, 1.165) is 12.8 Å². The Bertz CT molecular complexity index is 79.0. The third kappa shape index (κ3) is 7.47. The van der Waals surface area contributed by atoms with Crippen LogP contribution in [0, 0.1) is 0 Å². The molecule has 0 aromatic heterocycles. The normalized spacial score (nSPS) is 11.1. The zero-order valence-electron chi connectivity index (χ0n) is 6.42. The van der Waals surface area contributed by atoms with Gasteiger partial charge in [0.05, 0.1) is 0 Å². The Labute approximate surface area is 56.9 Å². The first-order valence-corrected chi connectivity index (χ1v) is 3.45. The summed E-state index contributed by atoms with van der Waals surface area (Å²) in [5.41, 5.74) is 0. The zero-order chi connectivity index (χ0) is 7.11. The summed E-state index contributed by atoms with van der Waals surface area (Å²) < 4.78 is 0. The molecule has 54 valence electrons. The highest BCUT2D eigenvalue weighted by molar-refractivity contribution is 5.55. The smallest absolute Gasteiger partial charge is 0.121 e. The van der Waals surface area contributed by atoms with Gasteiger partial charge in [-0.15, -0.1) is 0 Å². The molecule has 0 aliphatic heterocycles. The molecule has 0 radical (unpaired) electrons. The van der Waals surface area contributed by atoms with Crippen molar-refractivity contribution in [1.29, 1.82) is 0 Å². The third-order valence-electron chi connectivity index (χ3n) is 0.764. The van der Waals surface area contributed by atoms with Gasteiger partial charge in [-0.3, -0.25) is 0 Å². The zero-order valence-corrected chi connectivity index (χ0v) is 6.42. The quantitative estimate of drug-likeness (QED) is 0.421. The van der Waals surface area contributed by atoms with Gasteiger partial charge in [0.2, 0.25) is 0 Å². The number of unbranched alkanes of at least 4 members (excludes halogenated alkanes) is 1. The van der Waals surface area contributed by atoms with E-state index in [1.807, 2.05) is 13.8 Å². The van der Waals surface area contributed by atoms with Gasteiger partial charge < -0.3 is 4.84 Å². The Morgan fingerprint density at radius 3 is 2.67 bits per heavy atom. The SMILES string of the molecule is CCCC=NOC(C)C. The first-order chi connectivity index (χ1) is 4.27. The molecule has 0 aliphatic carbocycles. The highest BCUT2D eigenvalue weighted by Gasteiger charge is 1.85. The summed E-state index contributed by atoms with van der Waals surface area (Å²) in [5.74, 6) is 0. The average molecular weight is 129 g/mol. The van der Waals surface area contributed by atoms with Crippen molar-refractivity contribution in [2.24, 2.45) is 5.16 Å². The second kappa shape index (κ2) is 5.60. The number of oxime groups is 1. The number of hydrogen-bond acceptors (Lipinski definition) is 2. The van der Waals surface area contributed by atoms with Gasteiger partial charge in [-0.2, -0.15) is 0 Å². The van der Waals surface area contributed by atoms with Crippen LogP contribution in [0.4, 0.5) is 0 Å². The lowest BCUT2D eigenvalue weighted by Crippen LogP contribution is -1.95. The molecule has 0 saturated heterocycles. The Kier molecular flexibility index (Phi) is 5.27. The lowest BCUT2D eigenvalue weighted by atomic mass is 10.4. The lowest BCUT2D eigenvalue weighted by molar-refractivity contribution is 0.0868. The molecule has 0 aliphatic rings. The highest BCUT2D eigenvalue weighted by atomic mass is 16.6. The molecular formula is C7H15NO. The van der Waals surface area contributed by atoms with E-state index in [-0.39, 0.29) is 6.10 Å². The third-order valence-corrected chi connectivity index (χ3v) is 0.764. The molecule has 0 heterocycles. The van der Waals surface area contributed by atoms with E-state index in [1.165, 1.54) is 0 Å². The van der Waals surface area contributed by atoms with Gasteiger partial charge in [0.25, 0.3) is 0 Å². The van der Waals surface area contributed by atoms with Gasteiger partial charge in [-0.25, -0.2) is 0 Å². The van der Waals surface area contributed by atoms with E-state index in [4.69, 9.17) is 4.84 Å². The Hall–Kier alpha value is -0.530. The lowest BCUT2D eigenvalue weighted by Gasteiger charge is -1.99. The number of nitrogens with zero attached hydrogens (tertiary/aromatic N) is 1. The molecular weight excluding hydrogens is 114 g/mol. The second-order valence-electron chi connectivity index (χ2n) is 2.23. The van der Waals surface area contributed by atoms with Crippen LogP contribution in [0.1, 0.15) is 33.6 Å². The van der Waals surface area contributed by atoms with E-state index in [0.29, 0.717) is 0 Å². The van der Waals surface area contributed by atoms with E-state index in [9.17, 15) is 0 Å². The van der Waals surface area contributed by atoms with Crippen LogP contribution in [0.5, 0.6) is 0 Å². The molecule has 0 fully saturated rings. The standard InChI is InChI=1S/C7H15NO/c1-4-5-6-8-9-7(2)3/h6-7H,4-5H2,1-3H3. The molecule has 0 bridgehead atoms. The Balaban J connectivity index is 3.04. The first kappa shape index (κ1) is 8.47.